The van der Waals surface area contributed by atoms with E-state index in [4.69, 9.17) is 4.98 Å². The van der Waals surface area contributed by atoms with E-state index in [1.165, 1.54) is 19.3 Å². The number of likely N-dealkylation sites (tertiary alicyclic amines) is 1. The van der Waals surface area contributed by atoms with Crippen LogP contribution in [0.25, 0.3) is 11.0 Å². The van der Waals surface area contributed by atoms with Gasteiger partial charge in [-0.1, -0.05) is 26.7 Å². The number of piperidine rings is 2. The molecule has 7 nitrogen and oxygen atoms in total. The maximum Gasteiger partial charge on any atom is 0.243 e. The zero-order chi connectivity index (χ0) is 24.0. The maximum absolute atomic E-state index is 13.4. The molecule has 1 aromatic carbocycles. The van der Waals surface area contributed by atoms with Crippen LogP contribution in [0, 0.1) is 24.7 Å². The van der Waals surface area contributed by atoms with Gasteiger partial charge in [-0.05, 0) is 69.1 Å². The number of fused-ring (bicyclic) bond motifs is 1. The first-order valence-corrected chi connectivity index (χ1v) is 14.5. The minimum atomic E-state index is -3.61. The molecular formula is C26H38N4O3S. The standard InChI is InChI=1S/C26H38N4O3S/c1-18-14-19(2)17-28(16-18)26(31)21-10-12-29(13-11-21)34(32,33)23-8-9-25-24(15-23)27-20(3)30(25)22-6-4-5-7-22/h8-9,15,18-19,21-22H,4-7,10-14,16-17H2,1-3H3. The van der Waals surface area contributed by atoms with Gasteiger partial charge in [0.15, 0.2) is 0 Å². The van der Waals surface area contributed by atoms with Crippen LogP contribution in [0.5, 0.6) is 0 Å². The molecule has 1 amide bonds. The summed E-state index contributed by atoms with van der Waals surface area (Å²) in [6, 6.07) is 5.86. The summed E-state index contributed by atoms with van der Waals surface area (Å²) in [5.74, 6) is 2.16. The van der Waals surface area contributed by atoms with E-state index in [0.717, 1.165) is 42.8 Å². The molecule has 5 rings (SSSR count). The molecule has 186 valence electrons. The Labute approximate surface area is 203 Å². The van der Waals surface area contributed by atoms with Crippen LogP contribution in [0.2, 0.25) is 0 Å². The third kappa shape index (κ3) is 4.39. The number of hydrogen-bond donors (Lipinski definition) is 0. The van der Waals surface area contributed by atoms with Crippen LogP contribution in [0.3, 0.4) is 0 Å². The number of sulfonamides is 1. The molecule has 3 heterocycles. The van der Waals surface area contributed by atoms with Crippen molar-refractivity contribution in [2.45, 2.75) is 76.7 Å². The Kier molecular flexibility index (Phi) is 6.48. The van der Waals surface area contributed by atoms with E-state index in [2.05, 4.69) is 18.4 Å². The van der Waals surface area contributed by atoms with Crippen molar-refractivity contribution in [3.05, 3.63) is 24.0 Å². The molecule has 3 aliphatic rings. The Morgan fingerprint density at radius 2 is 1.65 bits per heavy atom. The summed E-state index contributed by atoms with van der Waals surface area (Å²) in [7, 11) is -3.61. The molecular weight excluding hydrogens is 448 g/mol. The van der Waals surface area contributed by atoms with Crippen LogP contribution < -0.4 is 0 Å². The van der Waals surface area contributed by atoms with E-state index in [-0.39, 0.29) is 11.8 Å². The third-order valence-corrected chi connectivity index (χ3v) is 10.0. The van der Waals surface area contributed by atoms with Crippen molar-refractivity contribution < 1.29 is 13.2 Å². The molecule has 0 N–H and O–H groups in total. The van der Waals surface area contributed by atoms with E-state index in [1.54, 1.807) is 16.4 Å². The lowest BCUT2D eigenvalue weighted by Gasteiger charge is -2.39. The zero-order valence-corrected chi connectivity index (χ0v) is 21.6. The third-order valence-electron chi connectivity index (χ3n) is 8.15. The van der Waals surface area contributed by atoms with Gasteiger partial charge in [0.05, 0.1) is 15.9 Å². The molecule has 2 aliphatic heterocycles. The van der Waals surface area contributed by atoms with E-state index in [9.17, 15) is 13.2 Å². The normalized spacial score (nSPS) is 25.9. The molecule has 34 heavy (non-hydrogen) atoms. The molecule has 1 aliphatic carbocycles. The first-order valence-electron chi connectivity index (χ1n) is 13.0. The largest absolute Gasteiger partial charge is 0.342 e. The van der Waals surface area contributed by atoms with Crippen molar-refractivity contribution in [1.29, 1.82) is 0 Å². The number of aromatic nitrogens is 2. The van der Waals surface area contributed by atoms with Gasteiger partial charge >= 0.3 is 0 Å². The zero-order valence-electron chi connectivity index (χ0n) is 20.7. The number of rotatable bonds is 4. The Bertz CT molecular complexity index is 1150. The molecule has 2 aromatic rings. The molecule has 2 saturated heterocycles. The van der Waals surface area contributed by atoms with Crippen LogP contribution >= 0.6 is 0 Å². The number of benzene rings is 1. The predicted octanol–water partition coefficient (Wildman–Crippen LogP) is 4.37. The second-order valence-corrected chi connectivity index (χ2v) is 12.9. The van der Waals surface area contributed by atoms with Gasteiger partial charge in [0.25, 0.3) is 0 Å². The highest BCUT2D eigenvalue weighted by Gasteiger charge is 2.36. The summed E-state index contributed by atoms with van der Waals surface area (Å²) in [6.45, 7) is 8.87. The SMILES string of the molecule is Cc1nc2cc(S(=O)(=O)N3CCC(C(=O)N4CC(C)CC(C)C4)CC3)ccc2n1C1CCCC1. The molecule has 2 unspecified atom stereocenters. The lowest BCUT2D eigenvalue weighted by atomic mass is 9.89. The van der Waals surface area contributed by atoms with Gasteiger partial charge in [0.1, 0.15) is 5.82 Å². The van der Waals surface area contributed by atoms with E-state index < -0.39 is 10.0 Å². The Hall–Kier alpha value is -1.93. The van der Waals surface area contributed by atoms with Crippen molar-refractivity contribution >= 4 is 27.0 Å². The van der Waals surface area contributed by atoms with Crippen LogP contribution in [0.1, 0.15) is 70.7 Å². The summed E-state index contributed by atoms with van der Waals surface area (Å²) in [5.41, 5.74) is 1.78. The fourth-order valence-electron chi connectivity index (χ4n) is 6.58. The Balaban J connectivity index is 1.29. The van der Waals surface area contributed by atoms with Crippen molar-refractivity contribution in [2.24, 2.45) is 17.8 Å². The molecule has 8 heteroatoms. The predicted molar refractivity (Wildman–Crippen MR) is 133 cm³/mol. The first kappa shape index (κ1) is 23.8. The summed E-state index contributed by atoms with van der Waals surface area (Å²) >= 11 is 0. The summed E-state index contributed by atoms with van der Waals surface area (Å²) in [4.78, 5) is 20.1. The van der Waals surface area contributed by atoms with Crippen LogP contribution in [-0.2, 0) is 14.8 Å². The van der Waals surface area contributed by atoms with Crippen molar-refractivity contribution in [3.8, 4) is 0 Å². The molecule has 3 fully saturated rings. The molecule has 0 radical (unpaired) electrons. The van der Waals surface area contributed by atoms with Crippen molar-refractivity contribution in [1.82, 2.24) is 18.8 Å². The van der Waals surface area contributed by atoms with E-state index in [0.29, 0.717) is 48.7 Å². The molecule has 2 atom stereocenters. The lowest BCUT2D eigenvalue weighted by Crippen LogP contribution is -2.48. The first-order chi connectivity index (χ1) is 16.2. The summed E-state index contributed by atoms with van der Waals surface area (Å²) in [5, 5.41) is 0. The van der Waals surface area contributed by atoms with Gasteiger partial charge in [-0.2, -0.15) is 4.31 Å². The van der Waals surface area contributed by atoms with Gasteiger partial charge in [0, 0.05) is 38.1 Å². The van der Waals surface area contributed by atoms with E-state index in [1.807, 2.05) is 17.9 Å². The smallest absolute Gasteiger partial charge is 0.243 e. The quantitative estimate of drug-likeness (QED) is 0.643. The van der Waals surface area contributed by atoms with E-state index >= 15 is 0 Å². The Morgan fingerprint density at radius 1 is 1.00 bits per heavy atom. The number of aryl methyl sites for hydroxylation is 1. The van der Waals surface area contributed by atoms with Crippen LogP contribution in [0.4, 0.5) is 0 Å². The monoisotopic (exact) mass is 486 g/mol. The lowest BCUT2D eigenvalue weighted by molar-refractivity contribution is -0.139. The number of carbonyl (C=O) groups excluding carboxylic acids is 1. The number of imidazole rings is 1. The van der Waals surface area contributed by atoms with Crippen LogP contribution in [0.15, 0.2) is 23.1 Å². The fraction of sp³-hybridized carbons (Fsp3) is 0.692. The van der Waals surface area contributed by atoms with Crippen molar-refractivity contribution in [2.75, 3.05) is 26.2 Å². The average molecular weight is 487 g/mol. The second kappa shape index (κ2) is 9.26. The van der Waals surface area contributed by atoms with Gasteiger partial charge < -0.3 is 9.47 Å². The topological polar surface area (TPSA) is 75.5 Å². The summed E-state index contributed by atoms with van der Waals surface area (Å²) in [6.07, 6.45) is 7.16. The average Bonchev–Trinajstić information content (AvgIpc) is 3.44. The summed E-state index contributed by atoms with van der Waals surface area (Å²) < 4.78 is 30.7. The second-order valence-electron chi connectivity index (χ2n) is 11.0. The highest BCUT2D eigenvalue weighted by molar-refractivity contribution is 7.89. The van der Waals surface area contributed by atoms with Crippen molar-refractivity contribution in [3.63, 3.8) is 0 Å². The fourth-order valence-corrected chi connectivity index (χ4v) is 8.07. The molecule has 0 bridgehead atoms. The van der Waals surface area contributed by atoms with Gasteiger partial charge in [-0.3, -0.25) is 4.79 Å². The molecule has 1 saturated carbocycles. The number of nitrogens with zero attached hydrogens (tertiary/aromatic N) is 4. The Morgan fingerprint density at radius 3 is 2.29 bits per heavy atom. The highest BCUT2D eigenvalue weighted by atomic mass is 32.2. The number of hydrogen-bond acceptors (Lipinski definition) is 4. The van der Waals surface area contributed by atoms with Gasteiger partial charge in [-0.25, -0.2) is 13.4 Å². The van der Waals surface area contributed by atoms with Gasteiger partial charge in [-0.15, -0.1) is 0 Å². The highest BCUT2D eigenvalue weighted by Crippen LogP contribution is 2.35. The van der Waals surface area contributed by atoms with Crippen LogP contribution in [-0.4, -0.2) is 59.3 Å². The number of amides is 1. The molecule has 1 aromatic heterocycles. The minimum Gasteiger partial charge on any atom is -0.342 e. The minimum absolute atomic E-state index is 0.0730. The molecule has 0 spiro atoms. The van der Waals surface area contributed by atoms with Gasteiger partial charge in [0.2, 0.25) is 15.9 Å². The maximum atomic E-state index is 13.4. The number of carbonyl (C=O) groups is 1.